The van der Waals surface area contributed by atoms with Crippen molar-refractivity contribution in [2.24, 2.45) is 0 Å². The lowest BCUT2D eigenvalue weighted by molar-refractivity contribution is -0.0886. The van der Waals surface area contributed by atoms with Crippen LogP contribution in [0.15, 0.2) is 12.1 Å². The largest absolute Gasteiger partial charge is 0.456 e. The van der Waals surface area contributed by atoms with Crippen molar-refractivity contribution in [3.05, 3.63) is 34.0 Å². The highest BCUT2D eigenvalue weighted by Gasteiger charge is 2.50. The van der Waals surface area contributed by atoms with Crippen molar-refractivity contribution < 1.29 is 23.4 Å². The third-order valence-electron chi connectivity index (χ3n) is 5.03. The average molecular weight is 405 g/mol. The molecule has 7 heteroatoms. The summed E-state index contributed by atoms with van der Waals surface area (Å²) >= 11 is 0.913. The van der Waals surface area contributed by atoms with E-state index in [-0.39, 0.29) is 15.1 Å². The summed E-state index contributed by atoms with van der Waals surface area (Å²) in [7, 11) is 0. The van der Waals surface area contributed by atoms with Crippen LogP contribution in [0, 0.1) is 17.1 Å². The van der Waals surface area contributed by atoms with Gasteiger partial charge >= 0.3 is 5.97 Å². The number of nitrogens with zero attached hydrogens (tertiary/aromatic N) is 1. The molecule has 0 amide bonds. The molecule has 0 unspecified atom stereocenters. The standard InChI is InChI=1S/C21H24FNO4S/c1-19(2,3)25-17(24)15-12(10-23)14-11(8-9-13(22)16(14)28-15)18-26-20(4,5)21(6,7)27-18/h8-9,18H,1-7H3. The van der Waals surface area contributed by atoms with E-state index in [2.05, 4.69) is 0 Å². The van der Waals surface area contributed by atoms with Crippen LogP contribution in [0.25, 0.3) is 10.1 Å². The fraction of sp³-hybridized carbons (Fsp3) is 0.524. The molecule has 0 saturated carbocycles. The second-order valence-electron chi connectivity index (χ2n) is 8.85. The highest BCUT2D eigenvalue weighted by atomic mass is 32.1. The van der Waals surface area contributed by atoms with Gasteiger partial charge in [-0.2, -0.15) is 5.26 Å². The Kier molecular flexibility index (Phi) is 4.82. The number of thiophene rings is 1. The topological polar surface area (TPSA) is 68.6 Å². The monoisotopic (exact) mass is 405 g/mol. The molecule has 1 aromatic heterocycles. The number of fused-ring (bicyclic) bond motifs is 1. The van der Waals surface area contributed by atoms with Crippen LogP contribution in [0.4, 0.5) is 4.39 Å². The van der Waals surface area contributed by atoms with Gasteiger partial charge in [-0.3, -0.25) is 0 Å². The van der Waals surface area contributed by atoms with Crippen LogP contribution >= 0.6 is 11.3 Å². The molecule has 0 atom stereocenters. The first kappa shape index (κ1) is 20.7. The molecule has 1 aliphatic rings. The molecule has 1 aliphatic heterocycles. The first-order chi connectivity index (χ1) is 12.8. The van der Waals surface area contributed by atoms with Gasteiger partial charge in [-0.15, -0.1) is 11.3 Å². The number of hydrogen-bond donors (Lipinski definition) is 0. The van der Waals surface area contributed by atoms with E-state index in [1.807, 2.05) is 33.8 Å². The lowest BCUT2D eigenvalue weighted by Gasteiger charge is -2.30. The molecular formula is C21H24FNO4S. The normalized spacial score (nSPS) is 19.0. The van der Waals surface area contributed by atoms with E-state index < -0.39 is 34.9 Å². The Balaban J connectivity index is 2.18. The number of esters is 1. The minimum Gasteiger partial charge on any atom is -0.456 e. The Labute approximate surface area is 168 Å². The van der Waals surface area contributed by atoms with E-state index in [4.69, 9.17) is 14.2 Å². The summed E-state index contributed by atoms with van der Waals surface area (Å²) in [5, 5.41) is 10.1. The molecule has 2 aromatic rings. The van der Waals surface area contributed by atoms with E-state index in [9.17, 15) is 14.4 Å². The quantitative estimate of drug-likeness (QED) is 0.620. The number of rotatable bonds is 2. The van der Waals surface area contributed by atoms with E-state index in [1.165, 1.54) is 6.07 Å². The van der Waals surface area contributed by atoms with Gasteiger partial charge in [0, 0.05) is 10.9 Å². The molecule has 5 nitrogen and oxygen atoms in total. The van der Waals surface area contributed by atoms with Crippen LogP contribution < -0.4 is 0 Å². The maximum atomic E-state index is 14.6. The van der Waals surface area contributed by atoms with E-state index in [0.717, 1.165) is 11.3 Å². The second kappa shape index (κ2) is 6.51. The molecule has 1 fully saturated rings. The van der Waals surface area contributed by atoms with E-state index in [0.29, 0.717) is 10.9 Å². The van der Waals surface area contributed by atoms with Crippen molar-refractivity contribution in [1.82, 2.24) is 0 Å². The summed E-state index contributed by atoms with van der Waals surface area (Å²) in [4.78, 5) is 12.7. The summed E-state index contributed by atoms with van der Waals surface area (Å²) in [6.45, 7) is 12.9. The van der Waals surface area contributed by atoms with Crippen molar-refractivity contribution in [3.63, 3.8) is 0 Å². The van der Waals surface area contributed by atoms with Gasteiger partial charge in [0.2, 0.25) is 0 Å². The molecule has 28 heavy (non-hydrogen) atoms. The molecule has 0 spiro atoms. The van der Waals surface area contributed by atoms with Crippen LogP contribution in [-0.4, -0.2) is 22.8 Å². The fourth-order valence-electron chi connectivity index (χ4n) is 2.94. The fourth-order valence-corrected chi connectivity index (χ4v) is 4.00. The average Bonchev–Trinajstić information content (AvgIpc) is 3.02. The first-order valence-electron chi connectivity index (χ1n) is 9.01. The molecule has 0 radical (unpaired) electrons. The molecule has 0 aliphatic carbocycles. The Morgan fingerprint density at radius 3 is 2.29 bits per heavy atom. The van der Waals surface area contributed by atoms with Gasteiger partial charge in [-0.25, -0.2) is 9.18 Å². The van der Waals surface area contributed by atoms with Gasteiger partial charge < -0.3 is 14.2 Å². The first-order valence-corrected chi connectivity index (χ1v) is 9.83. The maximum absolute atomic E-state index is 14.6. The van der Waals surface area contributed by atoms with Crippen LogP contribution in [0.2, 0.25) is 0 Å². The van der Waals surface area contributed by atoms with Crippen molar-refractivity contribution in [1.29, 1.82) is 5.26 Å². The minimum atomic E-state index is -0.777. The summed E-state index contributed by atoms with van der Waals surface area (Å²) in [5.41, 5.74) is -1.30. The number of carbonyl (C=O) groups excluding carboxylic acids is 1. The number of hydrogen-bond acceptors (Lipinski definition) is 6. The highest BCUT2D eigenvalue weighted by molar-refractivity contribution is 7.21. The van der Waals surface area contributed by atoms with Gasteiger partial charge in [-0.1, -0.05) is 6.07 Å². The Morgan fingerprint density at radius 1 is 1.21 bits per heavy atom. The summed E-state index contributed by atoms with van der Waals surface area (Å²) in [5.74, 6) is -1.16. The van der Waals surface area contributed by atoms with Gasteiger partial charge in [0.15, 0.2) is 6.29 Å². The Hall–Kier alpha value is -2.01. The molecule has 1 saturated heterocycles. The van der Waals surface area contributed by atoms with Gasteiger partial charge in [-0.05, 0) is 54.5 Å². The number of nitriles is 1. The third kappa shape index (κ3) is 3.41. The van der Waals surface area contributed by atoms with Crippen LogP contribution in [-0.2, 0) is 14.2 Å². The van der Waals surface area contributed by atoms with Crippen molar-refractivity contribution in [2.45, 2.75) is 71.6 Å². The van der Waals surface area contributed by atoms with Crippen LogP contribution in [0.1, 0.15) is 75.6 Å². The molecule has 2 heterocycles. The maximum Gasteiger partial charge on any atom is 0.350 e. The summed E-state index contributed by atoms with van der Waals surface area (Å²) in [6, 6.07) is 4.90. The number of halogens is 1. The number of ether oxygens (including phenoxy) is 3. The predicted molar refractivity (Wildman–Crippen MR) is 105 cm³/mol. The molecule has 150 valence electrons. The van der Waals surface area contributed by atoms with Gasteiger partial charge in [0.1, 0.15) is 22.4 Å². The highest BCUT2D eigenvalue weighted by Crippen LogP contribution is 2.48. The lowest BCUT2D eigenvalue weighted by Crippen LogP contribution is -2.41. The Bertz CT molecular complexity index is 978. The van der Waals surface area contributed by atoms with E-state index in [1.54, 1.807) is 26.8 Å². The molecule has 3 rings (SSSR count). The van der Waals surface area contributed by atoms with Crippen molar-refractivity contribution in [3.8, 4) is 6.07 Å². The number of carbonyl (C=O) groups is 1. The molecule has 1 aromatic carbocycles. The van der Waals surface area contributed by atoms with Crippen LogP contribution in [0.5, 0.6) is 0 Å². The summed E-state index contributed by atoms with van der Waals surface area (Å²) in [6.07, 6.45) is -0.777. The molecular weight excluding hydrogens is 381 g/mol. The smallest absolute Gasteiger partial charge is 0.350 e. The number of benzene rings is 1. The zero-order chi connectivity index (χ0) is 21.1. The molecule has 0 N–H and O–H groups in total. The van der Waals surface area contributed by atoms with Gasteiger partial charge in [0.25, 0.3) is 0 Å². The lowest BCUT2D eigenvalue weighted by atomic mass is 9.90. The van der Waals surface area contributed by atoms with Crippen molar-refractivity contribution in [2.75, 3.05) is 0 Å². The van der Waals surface area contributed by atoms with E-state index >= 15 is 0 Å². The summed E-state index contributed by atoms with van der Waals surface area (Å²) < 4.78 is 32.3. The zero-order valence-electron chi connectivity index (χ0n) is 17.1. The zero-order valence-corrected chi connectivity index (χ0v) is 17.9. The minimum absolute atomic E-state index is 0.0790. The Morgan fingerprint density at radius 2 is 1.79 bits per heavy atom. The third-order valence-corrected chi connectivity index (χ3v) is 6.20. The van der Waals surface area contributed by atoms with Gasteiger partial charge in [0.05, 0.1) is 21.5 Å². The SMILES string of the molecule is CC(C)(C)OC(=O)c1sc2c(F)ccc(C3OC(C)(C)C(C)(C)O3)c2c1C#N. The molecule has 0 bridgehead atoms. The second-order valence-corrected chi connectivity index (χ2v) is 9.87. The van der Waals surface area contributed by atoms with Crippen molar-refractivity contribution >= 4 is 27.4 Å². The predicted octanol–water partition coefficient (Wildman–Crippen LogP) is 5.47. The van der Waals surface area contributed by atoms with Crippen LogP contribution in [0.3, 0.4) is 0 Å².